The number of hydrogen-bond donors (Lipinski definition) is 1. The van der Waals surface area contributed by atoms with E-state index in [9.17, 15) is 9.59 Å². The normalized spacial score (nSPS) is 21.6. The summed E-state index contributed by atoms with van der Waals surface area (Å²) >= 11 is 0. The fourth-order valence-corrected chi connectivity index (χ4v) is 6.47. The number of aliphatic carboxylic acids is 1. The van der Waals surface area contributed by atoms with E-state index >= 15 is 0 Å². The van der Waals surface area contributed by atoms with Gasteiger partial charge in [-0.15, -0.1) is 0 Å². The number of allylic oxidation sites excluding steroid dienone is 21. The van der Waals surface area contributed by atoms with E-state index in [1.165, 1.54) is 52.7 Å². The quantitative estimate of drug-likeness (QED) is 0.150. The number of esters is 1. The van der Waals surface area contributed by atoms with E-state index in [4.69, 9.17) is 9.84 Å². The highest BCUT2D eigenvalue weighted by Gasteiger charge is 2.34. The number of carbonyl (C=O) groups excluding carboxylic acids is 1. The molecule has 2 aliphatic carbocycles. The highest BCUT2D eigenvalue weighted by Crippen LogP contribution is 2.42. The standard InChI is InChI=1S/C44H60O4/c1-32(18-13-20-34(3)23-25-39-36(5)22-15-29-43(39,7)8)16-11-12-17-33(2)19-14-21-35(4)24-26-40-37(6)30-38(31-44(40,9)10)48-42(47)28-27-41(45)46/h11-14,16-21,23-26,38H,15,22,27-31H2,1-10H3,(H,45,46)/b12-11+,18-13+,19-14+,25-23+,26-24+,32-16+,33-17+,34-20+,35-21+/t38-/m1/s1. The highest BCUT2D eigenvalue weighted by molar-refractivity contribution is 5.76. The molecule has 48 heavy (non-hydrogen) atoms. The lowest BCUT2D eigenvalue weighted by Gasteiger charge is -2.37. The molecular formula is C44H60O4. The van der Waals surface area contributed by atoms with Gasteiger partial charge in [0, 0.05) is 6.42 Å². The molecule has 2 aliphatic rings. The number of carboxylic acids is 1. The van der Waals surface area contributed by atoms with E-state index in [-0.39, 0.29) is 29.8 Å². The van der Waals surface area contributed by atoms with Gasteiger partial charge in [0.1, 0.15) is 6.10 Å². The molecular weight excluding hydrogens is 592 g/mol. The number of rotatable bonds is 14. The van der Waals surface area contributed by atoms with Gasteiger partial charge >= 0.3 is 11.9 Å². The van der Waals surface area contributed by atoms with Crippen LogP contribution in [-0.2, 0) is 14.3 Å². The monoisotopic (exact) mass is 652 g/mol. The first kappa shape index (κ1) is 40.3. The predicted octanol–water partition coefficient (Wildman–Crippen LogP) is 12.0. The smallest absolute Gasteiger partial charge is 0.306 e. The summed E-state index contributed by atoms with van der Waals surface area (Å²) in [6.45, 7) is 21.8. The van der Waals surface area contributed by atoms with Crippen LogP contribution in [0.25, 0.3) is 0 Å². The molecule has 0 saturated heterocycles. The maximum atomic E-state index is 12.1. The summed E-state index contributed by atoms with van der Waals surface area (Å²) in [5, 5.41) is 8.81. The van der Waals surface area contributed by atoms with Crippen molar-refractivity contribution < 1.29 is 19.4 Å². The van der Waals surface area contributed by atoms with Gasteiger partial charge in [0.25, 0.3) is 0 Å². The van der Waals surface area contributed by atoms with Gasteiger partial charge < -0.3 is 9.84 Å². The van der Waals surface area contributed by atoms with Gasteiger partial charge in [0.05, 0.1) is 12.8 Å². The number of carboxylic acid groups (broad SMARTS) is 1. The minimum Gasteiger partial charge on any atom is -0.481 e. The van der Waals surface area contributed by atoms with Crippen molar-refractivity contribution in [3.8, 4) is 0 Å². The van der Waals surface area contributed by atoms with Crippen molar-refractivity contribution >= 4 is 11.9 Å². The Balaban J connectivity index is 1.90. The first-order chi connectivity index (χ1) is 22.5. The lowest BCUT2D eigenvalue weighted by atomic mass is 9.71. The predicted molar refractivity (Wildman–Crippen MR) is 204 cm³/mol. The summed E-state index contributed by atoms with van der Waals surface area (Å²) in [6, 6.07) is 0. The zero-order valence-corrected chi connectivity index (χ0v) is 31.3. The van der Waals surface area contributed by atoms with Crippen LogP contribution >= 0.6 is 0 Å². The van der Waals surface area contributed by atoms with Crippen molar-refractivity contribution in [3.05, 3.63) is 130 Å². The molecule has 1 atom stereocenters. The summed E-state index contributed by atoms with van der Waals surface area (Å²) in [5.74, 6) is -1.43. The van der Waals surface area contributed by atoms with Gasteiger partial charge in [0.2, 0.25) is 0 Å². The fourth-order valence-electron chi connectivity index (χ4n) is 6.47. The van der Waals surface area contributed by atoms with E-state index < -0.39 is 11.9 Å². The average molecular weight is 653 g/mol. The van der Waals surface area contributed by atoms with Crippen LogP contribution < -0.4 is 0 Å². The Bertz CT molecular complexity index is 1500. The van der Waals surface area contributed by atoms with Crippen molar-refractivity contribution in [3.63, 3.8) is 0 Å². The third kappa shape index (κ3) is 14.5. The molecule has 0 unspecified atom stereocenters. The van der Waals surface area contributed by atoms with Gasteiger partial charge in [-0.1, -0.05) is 146 Å². The summed E-state index contributed by atoms with van der Waals surface area (Å²) in [6.07, 6.45) is 34.5. The molecule has 0 radical (unpaired) electrons. The van der Waals surface area contributed by atoms with Crippen LogP contribution in [0.4, 0.5) is 0 Å². The van der Waals surface area contributed by atoms with E-state index in [0.29, 0.717) is 12.8 Å². The van der Waals surface area contributed by atoms with E-state index in [1.807, 2.05) is 0 Å². The first-order valence-electron chi connectivity index (χ1n) is 17.4. The number of carbonyl (C=O) groups is 2. The van der Waals surface area contributed by atoms with Crippen LogP contribution in [0, 0.1) is 10.8 Å². The van der Waals surface area contributed by atoms with E-state index in [0.717, 1.165) is 11.1 Å². The topological polar surface area (TPSA) is 63.6 Å². The van der Waals surface area contributed by atoms with Crippen molar-refractivity contribution in [2.24, 2.45) is 10.8 Å². The molecule has 0 saturated carbocycles. The second kappa shape index (κ2) is 19.2. The Kier molecular flexibility index (Phi) is 16.1. The lowest BCUT2D eigenvalue weighted by Crippen LogP contribution is -2.32. The van der Waals surface area contributed by atoms with Crippen LogP contribution in [0.5, 0.6) is 0 Å². The zero-order valence-electron chi connectivity index (χ0n) is 31.3. The Morgan fingerprint density at radius 1 is 0.708 bits per heavy atom. The summed E-state index contributed by atoms with van der Waals surface area (Å²) in [4.78, 5) is 22.8. The molecule has 4 heteroatoms. The Morgan fingerprint density at radius 3 is 1.67 bits per heavy atom. The van der Waals surface area contributed by atoms with Crippen LogP contribution in [-0.4, -0.2) is 23.1 Å². The second-order valence-corrected chi connectivity index (χ2v) is 14.8. The SMILES string of the molecule is CC1=C(/C=C/C(C)=C/C=C/C(C)=C/C=C/C=C(C)/C=C/C=C(C)/C=C/C2=C(C)C[C@@H](OC(=O)CCC(=O)O)CC2(C)C)C(C)(C)CCC1. The van der Waals surface area contributed by atoms with Crippen LogP contribution in [0.1, 0.15) is 114 Å². The summed E-state index contributed by atoms with van der Waals surface area (Å²) in [7, 11) is 0. The Hall–Kier alpha value is -3.92. The molecule has 0 spiro atoms. The summed E-state index contributed by atoms with van der Waals surface area (Å²) < 4.78 is 5.60. The maximum absolute atomic E-state index is 12.1. The fraction of sp³-hybridized carbons (Fsp3) is 0.455. The molecule has 0 aromatic heterocycles. The van der Waals surface area contributed by atoms with Gasteiger partial charge in [-0.25, -0.2) is 0 Å². The minimum atomic E-state index is -0.989. The van der Waals surface area contributed by atoms with Crippen LogP contribution in [0.2, 0.25) is 0 Å². The molecule has 0 aromatic rings. The third-order valence-corrected chi connectivity index (χ3v) is 9.14. The molecule has 0 amide bonds. The molecule has 0 heterocycles. The van der Waals surface area contributed by atoms with Gasteiger partial charge in [0.15, 0.2) is 0 Å². The van der Waals surface area contributed by atoms with E-state index in [1.54, 1.807) is 0 Å². The van der Waals surface area contributed by atoms with Crippen LogP contribution in [0.15, 0.2) is 130 Å². The Labute approximate surface area is 291 Å². The third-order valence-electron chi connectivity index (χ3n) is 9.14. The van der Waals surface area contributed by atoms with Crippen molar-refractivity contribution in [2.45, 2.75) is 120 Å². The minimum absolute atomic E-state index is 0.0907. The second-order valence-electron chi connectivity index (χ2n) is 14.8. The maximum Gasteiger partial charge on any atom is 0.306 e. The molecule has 4 nitrogen and oxygen atoms in total. The first-order valence-corrected chi connectivity index (χ1v) is 17.4. The van der Waals surface area contributed by atoms with Crippen molar-refractivity contribution in [2.75, 3.05) is 0 Å². The molecule has 2 rings (SSSR count). The molecule has 0 aromatic carbocycles. The van der Waals surface area contributed by atoms with Crippen molar-refractivity contribution in [1.29, 1.82) is 0 Å². The molecule has 1 N–H and O–H groups in total. The molecule has 0 fully saturated rings. The van der Waals surface area contributed by atoms with Gasteiger partial charge in [-0.3, -0.25) is 9.59 Å². The summed E-state index contributed by atoms with van der Waals surface area (Å²) in [5.41, 5.74) is 10.3. The number of hydrogen-bond acceptors (Lipinski definition) is 3. The molecule has 0 aliphatic heterocycles. The highest BCUT2D eigenvalue weighted by atomic mass is 16.5. The molecule has 0 bridgehead atoms. The van der Waals surface area contributed by atoms with Gasteiger partial charge in [-0.05, 0) is 89.2 Å². The lowest BCUT2D eigenvalue weighted by molar-refractivity contribution is -0.153. The van der Waals surface area contributed by atoms with Crippen LogP contribution in [0.3, 0.4) is 0 Å². The largest absolute Gasteiger partial charge is 0.481 e. The van der Waals surface area contributed by atoms with E-state index in [2.05, 4.69) is 154 Å². The van der Waals surface area contributed by atoms with Crippen molar-refractivity contribution in [1.82, 2.24) is 0 Å². The number of ether oxygens (including phenoxy) is 1. The van der Waals surface area contributed by atoms with Gasteiger partial charge in [-0.2, -0.15) is 0 Å². The molecule has 260 valence electrons. The zero-order chi connectivity index (χ0) is 35.9. The Morgan fingerprint density at radius 2 is 1.19 bits per heavy atom. The average Bonchev–Trinajstić information content (AvgIpc) is 2.97.